The molecular weight excluding hydrogens is 384 g/mol. The maximum Gasteiger partial charge on any atom is 0.193 e. The Morgan fingerprint density at radius 2 is 1.26 bits per heavy atom. The maximum absolute atomic E-state index is 12.5. The molecule has 2 atom stereocenters. The van der Waals surface area contributed by atoms with Crippen molar-refractivity contribution in [3.05, 3.63) is 71.3 Å². The summed E-state index contributed by atoms with van der Waals surface area (Å²) in [6.07, 6.45) is 12.1. The normalized spacial score (nSPS) is 13.1. The fraction of sp³-hybridized carbons (Fsp3) is 0.536. The van der Waals surface area contributed by atoms with Gasteiger partial charge in [0.1, 0.15) is 0 Å². The SMILES string of the molecule is CCCCCCCCCCCC(O)CC(O)Cc1ccc(C(=O)c2ccccc2)cc1. The summed E-state index contributed by atoms with van der Waals surface area (Å²) in [7, 11) is 0. The molecule has 0 aliphatic carbocycles. The summed E-state index contributed by atoms with van der Waals surface area (Å²) in [5.41, 5.74) is 2.30. The smallest absolute Gasteiger partial charge is 0.193 e. The van der Waals surface area contributed by atoms with Gasteiger partial charge in [-0.1, -0.05) is 119 Å². The van der Waals surface area contributed by atoms with E-state index in [4.69, 9.17) is 0 Å². The monoisotopic (exact) mass is 424 g/mol. The number of carbonyl (C=O) groups excluding carboxylic acids is 1. The molecule has 0 radical (unpaired) electrons. The van der Waals surface area contributed by atoms with E-state index in [9.17, 15) is 15.0 Å². The number of unbranched alkanes of at least 4 members (excludes halogenated alkanes) is 8. The van der Waals surface area contributed by atoms with Crippen molar-refractivity contribution in [3.8, 4) is 0 Å². The van der Waals surface area contributed by atoms with Gasteiger partial charge in [0.15, 0.2) is 5.78 Å². The van der Waals surface area contributed by atoms with Crippen molar-refractivity contribution in [1.29, 1.82) is 0 Å². The van der Waals surface area contributed by atoms with E-state index in [1.165, 1.54) is 44.9 Å². The molecule has 0 aliphatic rings. The number of aliphatic hydroxyl groups is 2. The van der Waals surface area contributed by atoms with Crippen LogP contribution in [0.3, 0.4) is 0 Å². The third-order valence-corrected chi connectivity index (χ3v) is 5.91. The summed E-state index contributed by atoms with van der Waals surface area (Å²) in [5.74, 6) is 0.00378. The molecule has 0 fully saturated rings. The Labute approximate surface area is 188 Å². The van der Waals surface area contributed by atoms with Gasteiger partial charge in [0.05, 0.1) is 12.2 Å². The van der Waals surface area contributed by atoms with E-state index in [1.54, 1.807) is 0 Å². The lowest BCUT2D eigenvalue weighted by Crippen LogP contribution is -2.19. The van der Waals surface area contributed by atoms with Crippen LogP contribution in [0.1, 0.15) is 99.0 Å². The summed E-state index contributed by atoms with van der Waals surface area (Å²) in [6.45, 7) is 2.24. The first-order chi connectivity index (χ1) is 15.1. The standard InChI is InChI=1S/C28H40O3/c1-2-3-4-5-6-7-8-9-13-16-26(29)22-27(30)21-23-17-19-25(20-18-23)28(31)24-14-11-10-12-15-24/h10-12,14-15,17-20,26-27,29-30H,2-9,13,16,21-22H2,1H3. The van der Waals surface area contributed by atoms with Crippen LogP contribution in [0.2, 0.25) is 0 Å². The third kappa shape index (κ3) is 10.3. The van der Waals surface area contributed by atoms with E-state index < -0.39 is 12.2 Å². The van der Waals surface area contributed by atoms with E-state index in [0.29, 0.717) is 24.0 Å². The summed E-state index contributed by atoms with van der Waals surface area (Å²) in [6, 6.07) is 16.7. The third-order valence-electron chi connectivity index (χ3n) is 5.91. The van der Waals surface area contributed by atoms with Crippen molar-refractivity contribution in [2.75, 3.05) is 0 Å². The Morgan fingerprint density at radius 3 is 1.87 bits per heavy atom. The first kappa shape index (κ1) is 25.3. The van der Waals surface area contributed by atoms with Crippen LogP contribution in [-0.2, 0) is 6.42 Å². The number of ketones is 1. The summed E-state index contributed by atoms with van der Waals surface area (Å²) in [4.78, 5) is 12.5. The van der Waals surface area contributed by atoms with Crippen molar-refractivity contribution >= 4 is 5.78 Å². The van der Waals surface area contributed by atoms with Crippen molar-refractivity contribution in [2.45, 2.75) is 96.2 Å². The number of aliphatic hydroxyl groups excluding tert-OH is 2. The highest BCUT2D eigenvalue weighted by Crippen LogP contribution is 2.16. The fourth-order valence-electron chi connectivity index (χ4n) is 4.03. The maximum atomic E-state index is 12.5. The van der Waals surface area contributed by atoms with Gasteiger partial charge in [0, 0.05) is 11.1 Å². The van der Waals surface area contributed by atoms with Crippen molar-refractivity contribution in [1.82, 2.24) is 0 Å². The highest BCUT2D eigenvalue weighted by Gasteiger charge is 2.13. The summed E-state index contributed by atoms with van der Waals surface area (Å²) in [5, 5.41) is 20.6. The van der Waals surface area contributed by atoms with Crippen LogP contribution in [0.5, 0.6) is 0 Å². The second-order valence-corrected chi connectivity index (χ2v) is 8.76. The Morgan fingerprint density at radius 1 is 0.710 bits per heavy atom. The van der Waals surface area contributed by atoms with E-state index in [-0.39, 0.29) is 5.78 Å². The second-order valence-electron chi connectivity index (χ2n) is 8.76. The van der Waals surface area contributed by atoms with E-state index >= 15 is 0 Å². The average molecular weight is 425 g/mol. The Bertz CT molecular complexity index is 724. The van der Waals surface area contributed by atoms with Gasteiger partial charge in [-0.3, -0.25) is 4.79 Å². The molecule has 0 spiro atoms. The molecule has 31 heavy (non-hydrogen) atoms. The van der Waals surface area contributed by atoms with E-state index in [0.717, 1.165) is 24.8 Å². The van der Waals surface area contributed by atoms with Crippen LogP contribution in [-0.4, -0.2) is 28.2 Å². The predicted molar refractivity (Wildman–Crippen MR) is 128 cm³/mol. The van der Waals surface area contributed by atoms with Crippen LogP contribution < -0.4 is 0 Å². The average Bonchev–Trinajstić information content (AvgIpc) is 2.78. The molecule has 2 rings (SSSR count). The van der Waals surface area contributed by atoms with Crippen LogP contribution in [0, 0.1) is 0 Å². The summed E-state index contributed by atoms with van der Waals surface area (Å²) < 4.78 is 0. The van der Waals surface area contributed by atoms with Crippen LogP contribution in [0.15, 0.2) is 54.6 Å². The number of hydrogen-bond acceptors (Lipinski definition) is 3. The first-order valence-corrected chi connectivity index (χ1v) is 12.1. The van der Waals surface area contributed by atoms with Crippen molar-refractivity contribution in [2.24, 2.45) is 0 Å². The van der Waals surface area contributed by atoms with Crippen LogP contribution in [0.4, 0.5) is 0 Å². The summed E-state index contributed by atoms with van der Waals surface area (Å²) >= 11 is 0. The molecule has 2 aromatic rings. The Balaban J connectivity index is 1.62. The molecule has 0 bridgehead atoms. The minimum atomic E-state index is -0.566. The lowest BCUT2D eigenvalue weighted by Gasteiger charge is -2.16. The van der Waals surface area contributed by atoms with Gasteiger partial charge in [-0.15, -0.1) is 0 Å². The number of hydrogen-bond donors (Lipinski definition) is 2. The zero-order valence-corrected chi connectivity index (χ0v) is 19.1. The largest absolute Gasteiger partial charge is 0.393 e. The van der Waals surface area contributed by atoms with Gasteiger partial charge < -0.3 is 10.2 Å². The molecule has 0 saturated carbocycles. The zero-order chi connectivity index (χ0) is 22.3. The highest BCUT2D eigenvalue weighted by atomic mass is 16.3. The Kier molecular flexibility index (Phi) is 12.2. The van der Waals surface area contributed by atoms with Gasteiger partial charge in [-0.2, -0.15) is 0 Å². The highest BCUT2D eigenvalue weighted by molar-refractivity contribution is 6.08. The Hall–Kier alpha value is -1.97. The quantitative estimate of drug-likeness (QED) is 0.239. The fourth-order valence-corrected chi connectivity index (χ4v) is 4.03. The minimum absolute atomic E-state index is 0.00378. The molecular formula is C28H40O3. The van der Waals surface area contributed by atoms with E-state index in [1.807, 2.05) is 54.6 Å². The number of benzene rings is 2. The second kappa shape index (κ2) is 14.9. The molecule has 0 saturated heterocycles. The molecule has 2 unspecified atom stereocenters. The molecule has 0 aliphatic heterocycles. The number of rotatable bonds is 16. The predicted octanol–water partition coefficient (Wildman–Crippen LogP) is 6.49. The van der Waals surface area contributed by atoms with Gasteiger partial charge >= 0.3 is 0 Å². The molecule has 0 heterocycles. The van der Waals surface area contributed by atoms with Crippen LogP contribution in [0.25, 0.3) is 0 Å². The molecule has 3 heteroatoms. The van der Waals surface area contributed by atoms with Gasteiger partial charge in [-0.05, 0) is 24.8 Å². The van der Waals surface area contributed by atoms with Gasteiger partial charge in [-0.25, -0.2) is 0 Å². The first-order valence-electron chi connectivity index (χ1n) is 12.1. The van der Waals surface area contributed by atoms with Crippen molar-refractivity contribution in [3.63, 3.8) is 0 Å². The molecule has 2 aromatic carbocycles. The molecule has 3 nitrogen and oxygen atoms in total. The zero-order valence-electron chi connectivity index (χ0n) is 19.1. The minimum Gasteiger partial charge on any atom is -0.393 e. The van der Waals surface area contributed by atoms with Gasteiger partial charge in [0.2, 0.25) is 0 Å². The van der Waals surface area contributed by atoms with E-state index in [2.05, 4.69) is 6.92 Å². The van der Waals surface area contributed by atoms with Crippen LogP contribution >= 0.6 is 0 Å². The molecule has 170 valence electrons. The van der Waals surface area contributed by atoms with Crippen molar-refractivity contribution < 1.29 is 15.0 Å². The lowest BCUT2D eigenvalue weighted by molar-refractivity contribution is 0.0743. The molecule has 2 N–H and O–H groups in total. The topological polar surface area (TPSA) is 57.5 Å². The van der Waals surface area contributed by atoms with Gasteiger partial charge in [0.25, 0.3) is 0 Å². The molecule has 0 aromatic heterocycles. The molecule has 0 amide bonds. The lowest BCUT2D eigenvalue weighted by atomic mass is 9.97. The number of carbonyl (C=O) groups is 1.